The summed E-state index contributed by atoms with van der Waals surface area (Å²) in [5.41, 5.74) is 0.370. The van der Waals surface area contributed by atoms with E-state index in [4.69, 9.17) is 23.2 Å². The molecule has 2 aromatic rings. The molecule has 1 aromatic heterocycles. The Morgan fingerprint density at radius 3 is 2.58 bits per heavy atom. The standard InChI is InChI=1S/C11H12Cl2FN5/c1-3-15-6(2)11-16-17-18-19(11)10-8(12)4-7(14)5-9(10)13/h4-6,15H,3H2,1-2H3. The van der Waals surface area contributed by atoms with E-state index in [1.807, 2.05) is 13.8 Å². The Hall–Kier alpha value is -1.24. The minimum absolute atomic E-state index is 0.0859. The van der Waals surface area contributed by atoms with Gasteiger partial charge in [-0.25, -0.2) is 4.39 Å². The zero-order valence-corrected chi connectivity index (χ0v) is 11.9. The van der Waals surface area contributed by atoms with Gasteiger partial charge in [0.1, 0.15) is 11.5 Å². The second kappa shape index (κ2) is 5.81. The molecule has 1 unspecified atom stereocenters. The highest BCUT2D eigenvalue weighted by Crippen LogP contribution is 2.30. The van der Waals surface area contributed by atoms with Crippen molar-refractivity contribution in [2.75, 3.05) is 6.54 Å². The summed E-state index contributed by atoms with van der Waals surface area (Å²) in [6.07, 6.45) is 0. The van der Waals surface area contributed by atoms with Gasteiger partial charge in [-0.15, -0.1) is 5.10 Å². The highest BCUT2D eigenvalue weighted by atomic mass is 35.5. The van der Waals surface area contributed by atoms with Crippen LogP contribution in [-0.2, 0) is 0 Å². The van der Waals surface area contributed by atoms with Gasteiger partial charge in [-0.1, -0.05) is 30.1 Å². The Kier molecular flexibility index (Phi) is 4.34. The first-order valence-electron chi connectivity index (χ1n) is 5.71. The number of halogens is 3. The topological polar surface area (TPSA) is 55.6 Å². The van der Waals surface area contributed by atoms with Gasteiger partial charge in [0.25, 0.3) is 0 Å². The Balaban J connectivity index is 2.52. The predicted molar refractivity (Wildman–Crippen MR) is 71.2 cm³/mol. The number of nitrogens with zero attached hydrogens (tertiary/aromatic N) is 4. The lowest BCUT2D eigenvalue weighted by molar-refractivity contribution is 0.550. The Morgan fingerprint density at radius 2 is 2.00 bits per heavy atom. The van der Waals surface area contributed by atoms with Crippen LogP contribution in [0.1, 0.15) is 25.7 Å². The second-order valence-corrected chi connectivity index (χ2v) is 4.76. The van der Waals surface area contributed by atoms with Crippen molar-refractivity contribution in [2.45, 2.75) is 19.9 Å². The quantitative estimate of drug-likeness (QED) is 0.943. The molecule has 8 heteroatoms. The number of aromatic nitrogens is 4. The lowest BCUT2D eigenvalue weighted by Crippen LogP contribution is -2.21. The average molecular weight is 304 g/mol. The monoisotopic (exact) mass is 303 g/mol. The molecule has 0 aliphatic carbocycles. The normalized spacial score (nSPS) is 12.7. The van der Waals surface area contributed by atoms with E-state index in [1.54, 1.807) is 0 Å². The molecule has 102 valence electrons. The van der Waals surface area contributed by atoms with Crippen LogP contribution in [0.15, 0.2) is 12.1 Å². The van der Waals surface area contributed by atoms with Gasteiger partial charge in [-0.2, -0.15) is 4.68 Å². The molecular weight excluding hydrogens is 292 g/mol. The number of benzene rings is 1. The molecule has 5 nitrogen and oxygen atoms in total. The van der Waals surface area contributed by atoms with Gasteiger partial charge in [0.2, 0.25) is 0 Å². The molecular formula is C11H12Cl2FN5. The highest BCUT2D eigenvalue weighted by Gasteiger charge is 2.19. The van der Waals surface area contributed by atoms with Crippen molar-refractivity contribution in [2.24, 2.45) is 0 Å². The third kappa shape index (κ3) is 2.86. The average Bonchev–Trinajstić information content (AvgIpc) is 2.77. The van der Waals surface area contributed by atoms with Crippen molar-refractivity contribution in [3.63, 3.8) is 0 Å². The summed E-state index contributed by atoms with van der Waals surface area (Å²) in [5, 5.41) is 14.9. The first-order chi connectivity index (χ1) is 9.04. The minimum Gasteiger partial charge on any atom is -0.308 e. The van der Waals surface area contributed by atoms with Crippen LogP contribution in [0.3, 0.4) is 0 Å². The largest absolute Gasteiger partial charge is 0.308 e. The van der Waals surface area contributed by atoms with E-state index in [0.717, 1.165) is 6.54 Å². The van der Waals surface area contributed by atoms with Crippen molar-refractivity contribution >= 4 is 23.2 Å². The molecule has 1 atom stereocenters. The third-order valence-corrected chi connectivity index (χ3v) is 3.16. The van der Waals surface area contributed by atoms with Crippen LogP contribution in [0.25, 0.3) is 5.69 Å². The van der Waals surface area contributed by atoms with Crippen LogP contribution < -0.4 is 5.32 Å². The summed E-state index contributed by atoms with van der Waals surface area (Å²) < 4.78 is 14.6. The number of hydrogen-bond donors (Lipinski definition) is 1. The van der Waals surface area contributed by atoms with E-state index in [1.165, 1.54) is 16.8 Å². The maximum absolute atomic E-state index is 13.2. The van der Waals surface area contributed by atoms with Crippen LogP contribution in [-0.4, -0.2) is 26.8 Å². The van der Waals surface area contributed by atoms with E-state index in [9.17, 15) is 4.39 Å². The van der Waals surface area contributed by atoms with Gasteiger partial charge < -0.3 is 5.32 Å². The predicted octanol–water partition coefficient (Wildman–Crippen LogP) is 2.78. The van der Waals surface area contributed by atoms with Gasteiger partial charge in [-0.3, -0.25) is 0 Å². The van der Waals surface area contributed by atoms with E-state index in [0.29, 0.717) is 11.5 Å². The highest BCUT2D eigenvalue weighted by molar-refractivity contribution is 6.37. The molecule has 19 heavy (non-hydrogen) atoms. The van der Waals surface area contributed by atoms with Gasteiger partial charge in [-0.05, 0) is 36.0 Å². The first kappa shape index (κ1) is 14.2. The Morgan fingerprint density at radius 1 is 1.37 bits per heavy atom. The summed E-state index contributed by atoms with van der Waals surface area (Å²) >= 11 is 12.0. The fourth-order valence-corrected chi connectivity index (χ4v) is 2.38. The third-order valence-electron chi connectivity index (χ3n) is 2.58. The molecule has 0 bridgehead atoms. The molecule has 1 heterocycles. The zero-order valence-electron chi connectivity index (χ0n) is 10.4. The molecule has 0 saturated carbocycles. The number of rotatable bonds is 4. The van der Waals surface area contributed by atoms with Crippen LogP contribution in [0.4, 0.5) is 4.39 Å². The van der Waals surface area contributed by atoms with Crippen molar-refractivity contribution in [1.29, 1.82) is 0 Å². The fraction of sp³-hybridized carbons (Fsp3) is 0.364. The molecule has 0 spiro atoms. The van der Waals surface area contributed by atoms with Crippen molar-refractivity contribution in [1.82, 2.24) is 25.5 Å². The molecule has 0 aliphatic rings. The SMILES string of the molecule is CCNC(C)c1nnnn1-c1c(Cl)cc(F)cc1Cl. The molecule has 1 N–H and O–H groups in total. The minimum atomic E-state index is -0.506. The molecule has 0 saturated heterocycles. The molecule has 0 radical (unpaired) electrons. The lowest BCUT2D eigenvalue weighted by atomic mass is 10.2. The van der Waals surface area contributed by atoms with Crippen LogP contribution in [0.2, 0.25) is 10.0 Å². The van der Waals surface area contributed by atoms with Crippen molar-refractivity contribution in [3.8, 4) is 5.69 Å². The maximum Gasteiger partial charge on any atom is 0.173 e. The van der Waals surface area contributed by atoms with E-state index in [-0.39, 0.29) is 16.1 Å². The lowest BCUT2D eigenvalue weighted by Gasteiger charge is -2.13. The summed E-state index contributed by atoms with van der Waals surface area (Å²) in [4.78, 5) is 0. The Bertz CT molecular complexity index is 563. The second-order valence-electron chi connectivity index (χ2n) is 3.95. The molecule has 0 amide bonds. The number of tetrazole rings is 1. The molecule has 0 fully saturated rings. The van der Waals surface area contributed by atoms with Crippen molar-refractivity contribution in [3.05, 3.63) is 33.8 Å². The van der Waals surface area contributed by atoms with Crippen LogP contribution in [0, 0.1) is 5.82 Å². The summed E-state index contributed by atoms with van der Waals surface area (Å²) in [5.74, 6) is 0.0466. The zero-order chi connectivity index (χ0) is 14.0. The first-order valence-corrected chi connectivity index (χ1v) is 6.46. The number of nitrogens with one attached hydrogen (secondary N) is 1. The molecule has 1 aromatic carbocycles. The van der Waals surface area contributed by atoms with E-state index in [2.05, 4.69) is 20.8 Å². The summed E-state index contributed by atoms with van der Waals surface area (Å²) in [6, 6.07) is 2.26. The van der Waals surface area contributed by atoms with E-state index < -0.39 is 5.82 Å². The van der Waals surface area contributed by atoms with Gasteiger partial charge in [0, 0.05) is 0 Å². The van der Waals surface area contributed by atoms with Crippen LogP contribution in [0.5, 0.6) is 0 Å². The molecule has 0 aliphatic heterocycles. The fourth-order valence-electron chi connectivity index (χ4n) is 1.76. The maximum atomic E-state index is 13.2. The van der Waals surface area contributed by atoms with Gasteiger partial charge in [0.05, 0.1) is 16.1 Å². The summed E-state index contributed by atoms with van der Waals surface area (Å²) in [6.45, 7) is 4.65. The number of hydrogen-bond acceptors (Lipinski definition) is 4. The van der Waals surface area contributed by atoms with Crippen molar-refractivity contribution < 1.29 is 4.39 Å². The van der Waals surface area contributed by atoms with Crippen LogP contribution >= 0.6 is 23.2 Å². The summed E-state index contributed by atoms with van der Waals surface area (Å²) in [7, 11) is 0. The van der Waals surface area contributed by atoms with E-state index >= 15 is 0 Å². The molecule has 2 rings (SSSR count). The Labute approximate surface area is 119 Å². The van der Waals surface area contributed by atoms with Gasteiger partial charge in [0.15, 0.2) is 5.82 Å². The van der Waals surface area contributed by atoms with Gasteiger partial charge >= 0.3 is 0 Å². The smallest absolute Gasteiger partial charge is 0.173 e.